The van der Waals surface area contributed by atoms with E-state index in [2.05, 4.69) is 16.3 Å². The summed E-state index contributed by atoms with van der Waals surface area (Å²) in [5.74, 6) is -2.41. The molecule has 0 aromatic rings. The molecule has 3 saturated heterocycles. The molecule has 5 aliphatic rings. The normalized spacial score (nSPS) is 42.8. The van der Waals surface area contributed by atoms with Crippen LogP contribution in [0, 0.1) is 17.3 Å². The van der Waals surface area contributed by atoms with Gasteiger partial charge in [-0.25, -0.2) is 9.59 Å². The minimum atomic E-state index is -1.27. The molecule has 4 fully saturated rings. The van der Waals surface area contributed by atoms with Crippen molar-refractivity contribution in [1.29, 1.82) is 0 Å². The van der Waals surface area contributed by atoms with Crippen molar-refractivity contribution < 1.29 is 29.3 Å². The summed E-state index contributed by atoms with van der Waals surface area (Å²) >= 11 is 0. The van der Waals surface area contributed by atoms with E-state index in [1.165, 1.54) is 5.57 Å². The van der Waals surface area contributed by atoms with Crippen LogP contribution in [-0.2, 0) is 19.1 Å². The van der Waals surface area contributed by atoms with Crippen molar-refractivity contribution in [2.75, 3.05) is 19.7 Å². The Morgan fingerprint density at radius 2 is 2.19 bits per heavy atom. The number of aliphatic carboxylic acids is 2. The third-order valence-corrected chi connectivity index (χ3v) is 7.38. The zero-order chi connectivity index (χ0) is 18.9. The van der Waals surface area contributed by atoms with Gasteiger partial charge in [0, 0.05) is 36.0 Å². The van der Waals surface area contributed by atoms with E-state index in [0.29, 0.717) is 19.6 Å². The predicted molar refractivity (Wildman–Crippen MR) is 91.7 cm³/mol. The number of carboxylic acids is 2. The van der Waals surface area contributed by atoms with Gasteiger partial charge in [0.1, 0.15) is 0 Å². The number of nitrogens with zero attached hydrogens (tertiary/aromatic N) is 1. The molecule has 1 aliphatic carbocycles. The van der Waals surface area contributed by atoms with Crippen molar-refractivity contribution in [1.82, 2.24) is 10.2 Å². The number of carboxylic acid groups (broad SMARTS) is 2. The summed E-state index contributed by atoms with van der Waals surface area (Å²) in [6.45, 7) is 1.93. The molecule has 0 aromatic heterocycles. The first-order valence-corrected chi connectivity index (χ1v) is 9.44. The van der Waals surface area contributed by atoms with E-state index >= 15 is 0 Å². The maximum Gasteiger partial charge on any atom is 0.332 e. The topological polar surface area (TPSA) is 116 Å². The minimum Gasteiger partial charge on any atom is -0.478 e. The van der Waals surface area contributed by atoms with E-state index in [-0.39, 0.29) is 41.9 Å². The molecular weight excluding hydrogens is 352 g/mol. The van der Waals surface area contributed by atoms with Crippen LogP contribution in [0.1, 0.15) is 19.3 Å². The van der Waals surface area contributed by atoms with Gasteiger partial charge in [-0.3, -0.25) is 9.69 Å². The Hall–Kier alpha value is -2.19. The molecule has 27 heavy (non-hydrogen) atoms. The SMILES string of the molecule is O=C(O)/C=C(\C(=O)O)C12CCN3CC4=CCOC5CC(=O)NC1C5C4CC32. The summed E-state index contributed by atoms with van der Waals surface area (Å²) < 4.78 is 6.00. The quantitative estimate of drug-likeness (QED) is 0.470. The molecule has 2 bridgehead atoms. The number of rotatable bonds is 3. The highest BCUT2D eigenvalue weighted by molar-refractivity contribution is 5.96. The van der Waals surface area contributed by atoms with Crippen molar-refractivity contribution >= 4 is 17.8 Å². The van der Waals surface area contributed by atoms with Crippen LogP contribution >= 0.6 is 0 Å². The van der Waals surface area contributed by atoms with Crippen molar-refractivity contribution in [3.05, 3.63) is 23.3 Å². The Balaban J connectivity index is 1.72. The van der Waals surface area contributed by atoms with Gasteiger partial charge in [0.15, 0.2) is 0 Å². The van der Waals surface area contributed by atoms with Crippen LogP contribution < -0.4 is 5.32 Å². The van der Waals surface area contributed by atoms with E-state index in [1.54, 1.807) is 0 Å². The second-order valence-electron chi connectivity index (χ2n) is 8.30. The molecule has 8 nitrogen and oxygen atoms in total. The van der Waals surface area contributed by atoms with Gasteiger partial charge in [-0.2, -0.15) is 0 Å². The molecule has 3 N–H and O–H groups in total. The van der Waals surface area contributed by atoms with Crippen LogP contribution in [0.4, 0.5) is 0 Å². The van der Waals surface area contributed by atoms with E-state index < -0.39 is 23.4 Å². The number of carbonyl (C=O) groups excluding carboxylic acids is 1. The fourth-order valence-corrected chi connectivity index (χ4v) is 6.53. The van der Waals surface area contributed by atoms with Crippen molar-refractivity contribution in [3.8, 4) is 0 Å². The molecule has 1 amide bonds. The third kappa shape index (κ3) is 2.20. The Morgan fingerprint density at radius 3 is 2.93 bits per heavy atom. The number of hydrogen-bond acceptors (Lipinski definition) is 5. The van der Waals surface area contributed by atoms with Gasteiger partial charge in [0.05, 0.1) is 24.7 Å². The number of piperidine rings is 2. The van der Waals surface area contributed by atoms with E-state index in [4.69, 9.17) is 4.74 Å². The van der Waals surface area contributed by atoms with Gasteiger partial charge in [0.25, 0.3) is 0 Å². The molecule has 144 valence electrons. The Bertz CT molecular complexity index is 804. The smallest absolute Gasteiger partial charge is 0.332 e. The van der Waals surface area contributed by atoms with Gasteiger partial charge in [-0.1, -0.05) is 11.6 Å². The molecular formula is C19H22N2O6. The average molecular weight is 374 g/mol. The molecule has 1 saturated carbocycles. The highest BCUT2D eigenvalue weighted by Gasteiger charge is 2.67. The minimum absolute atomic E-state index is 0.0236. The number of fused-ring (bicyclic) bond motifs is 1. The lowest BCUT2D eigenvalue weighted by molar-refractivity contribution is -0.147. The summed E-state index contributed by atoms with van der Waals surface area (Å²) in [6, 6.07) is -0.513. The highest BCUT2D eigenvalue weighted by atomic mass is 16.5. The predicted octanol–water partition coefficient (Wildman–Crippen LogP) is 0.00610. The Kier molecular flexibility index (Phi) is 3.55. The van der Waals surface area contributed by atoms with Crippen molar-refractivity contribution in [3.63, 3.8) is 0 Å². The summed E-state index contributed by atoms with van der Waals surface area (Å²) in [4.78, 5) is 38.3. The van der Waals surface area contributed by atoms with Crippen LogP contribution in [-0.4, -0.2) is 70.8 Å². The maximum atomic E-state index is 12.5. The Labute approximate surface area is 155 Å². The maximum absolute atomic E-state index is 12.5. The van der Waals surface area contributed by atoms with Gasteiger partial charge in [-0.05, 0) is 25.3 Å². The number of nitrogens with one attached hydrogen (secondary N) is 1. The Morgan fingerprint density at radius 1 is 1.37 bits per heavy atom. The molecule has 4 heterocycles. The number of carbonyl (C=O) groups is 3. The molecule has 6 unspecified atom stereocenters. The fraction of sp³-hybridized carbons (Fsp3) is 0.632. The molecule has 8 heteroatoms. The van der Waals surface area contributed by atoms with Crippen LogP contribution in [0.2, 0.25) is 0 Å². The van der Waals surface area contributed by atoms with Gasteiger partial charge in [-0.15, -0.1) is 0 Å². The molecule has 0 aromatic carbocycles. The third-order valence-electron chi connectivity index (χ3n) is 7.38. The summed E-state index contributed by atoms with van der Waals surface area (Å²) in [5.41, 5.74) is 0.317. The lowest BCUT2D eigenvalue weighted by Crippen LogP contribution is -2.70. The molecule has 6 atom stereocenters. The van der Waals surface area contributed by atoms with Crippen molar-refractivity contribution in [2.24, 2.45) is 17.3 Å². The molecule has 5 rings (SSSR count). The summed E-state index contributed by atoms with van der Waals surface area (Å²) in [7, 11) is 0. The number of amides is 1. The number of hydrogen-bond donors (Lipinski definition) is 3. The average Bonchev–Trinajstić information content (AvgIpc) is 2.90. The van der Waals surface area contributed by atoms with Gasteiger partial charge >= 0.3 is 11.9 Å². The number of ether oxygens (including phenoxy) is 1. The lowest BCUT2D eigenvalue weighted by Gasteiger charge is -2.59. The summed E-state index contributed by atoms with van der Waals surface area (Å²) in [5, 5.41) is 22.3. The largest absolute Gasteiger partial charge is 0.478 e. The van der Waals surface area contributed by atoms with E-state index in [0.717, 1.165) is 19.0 Å². The standard InChI is InChI=1S/C19H22N2O6/c22-14-7-12-16-10-5-13-19(17(16)20-14,11(18(25)26)6-15(23)24)2-3-21(13)8-9(10)1-4-27-12/h1,6,10,12-13,16-17H,2-5,7-8H2,(H,20,22)(H,23,24)(H,25,26)/b11-6+. The van der Waals surface area contributed by atoms with E-state index in [9.17, 15) is 24.6 Å². The van der Waals surface area contributed by atoms with Crippen LogP contribution in [0.15, 0.2) is 23.3 Å². The highest BCUT2D eigenvalue weighted by Crippen LogP contribution is 2.60. The zero-order valence-electron chi connectivity index (χ0n) is 14.8. The molecule has 0 radical (unpaired) electrons. The first kappa shape index (κ1) is 16.9. The molecule has 4 aliphatic heterocycles. The lowest BCUT2D eigenvalue weighted by atomic mass is 9.52. The van der Waals surface area contributed by atoms with Crippen LogP contribution in [0.25, 0.3) is 0 Å². The second kappa shape index (κ2) is 5.65. The fourth-order valence-electron chi connectivity index (χ4n) is 6.53. The first-order chi connectivity index (χ1) is 12.9. The van der Waals surface area contributed by atoms with Crippen LogP contribution in [0.3, 0.4) is 0 Å². The monoisotopic (exact) mass is 374 g/mol. The van der Waals surface area contributed by atoms with Crippen molar-refractivity contribution in [2.45, 2.75) is 37.5 Å². The molecule has 0 spiro atoms. The van der Waals surface area contributed by atoms with E-state index in [1.807, 2.05) is 0 Å². The van der Waals surface area contributed by atoms with Crippen LogP contribution in [0.5, 0.6) is 0 Å². The van der Waals surface area contributed by atoms with Gasteiger partial charge < -0.3 is 20.3 Å². The second-order valence-corrected chi connectivity index (χ2v) is 8.30. The van der Waals surface area contributed by atoms with Gasteiger partial charge in [0.2, 0.25) is 5.91 Å². The first-order valence-electron chi connectivity index (χ1n) is 9.44. The zero-order valence-corrected chi connectivity index (χ0v) is 14.8. The summed E-state index contributed by atoms with van der Waals surface area (Å²) in [6.07, 6.45) is 4.29.